The highest BCUT2D eigenvalue weighted by atomic mass is 16.2. The number of hydrogen-bond donors (Lipinski definition) is 3. The molecule has 1 rings (SSSR count). The van der Waals surface area contributed by atoms with Crippen LogP contribution in [0.5, 0.6) is 0 Å². The van der Waals surface area contributed by atoms with E-state index in [9.17, 15) is 9.59 Å². The Morgan fingerprint density at radius 3 is 2.13 bits per heavy atom. The van der Waals surface area contributed by atoms with Crippen molar-refractivity contribution in [2.75, 3.05) is 0 Å². The maximum Gasteiger partial charge on any atom is 0.330 e. The number of primary amides is 1. The Bertz CT molecular complexity index is 381. The van der Waals surface area contributed by atoms with Crippen LogP contribution in [0.15, 0.2) is 18.2 Å². The van der Waals surface area contributed by atoms with Crippen LogP contribution in [-0.4, -0.2) is 11.9 Å². The van der Waals surface area contributed by atoms with E-state index in [2.05, 4.69) is 5.43 Å². The molecular weight excluding hydrogens is 194 g/mol. The standard InChI is InChI=1S/C10H13N3O2/c1-6-4-3-5-7(2)8(6)9(14)12-13-10(11)15/h3-5H,1-2H3,(H,12,14)(H3,11,13,15). The van der Waals surface area contributed by atoms with Gasteiger partial charge in [-0.05, 0) is 25.0 Å². The predicted molar refractivity (Wildman–Crippen MR) is 56.1 cm³/mol. The van der Waals surface area contributed by atoms with Gasteiger partial charge in [0.05, 0.1) is 0 Å². The van der Waals surface area contributed by atoms with Crippen molar-refractivity contribution in [3.05, 3.63) is 34.9 Å². The SMILES string of the molecule is Cc1cccc(C)c1C(=O)NNC(N)=O. The molecule has 0 bridgehead atoms. The van der Waals surface area contributed by atoms with Gasteiger partial charge in [0.15, 0.2) is 0 Å². The summed E-state index contributed by atoms with van der Waals surface area (Å²) < 4.78 is 0. The van der Waals surface area contributed by atoms with E-state index in [0.717, 1.165) is 11.1 Å². The summed E-state index contributed by atoms with van der Waals surface area (Å²) >= 11 is 0. The summed E-state index contributed by atoms with van der Waals surface area (Å²) in [7, 11) is 0. The number of urea groups is 1. The van der Waals surface area contributed by atoms with E-state index in [1.54, 1.807) is 0 Å². The molecule has 0 aliphatic heterocycles. The fraction of sp³-hybridized carbons (Fsp3) is 0.200. The summed E-state index contributed by atoms with van der Waals surface area (Å²) in [6, 6.07) is 4.72. The van der Waals surface area contributed by atoms with Gasteiger partial charge >= 0.3 is 6.03 Å². The van der Waals surface area contributed by atoms with Crippen molar-refractivity contribution < 1.29 is 9.59 Å². The average Bonchev–Trinajstić information content (AvgIpc) is 2.14. The molecule has 0 unspecified atom stereocenters. The molecule has 5 heteroatoms. The third-order valence-electron chi connectivity index (χ3n) is 2.01. The Morgan fingerprint density at radius 2 is 1.67 bits per heavy atom. The summed E-state index contributed by atoms with van der Waals surface area (Å²) in [5.74, 6) is -0.371. The Hall–Kier alpha value is -2.04. The molecule has 0 spiro atoms. The van der Waals surface area contributed by atoms with E-state index in [4.69, 9.17) is 5.73 Å². The smallest absolute Gasteiger partial charge is 0.330 e. The van der Waals surface area contributed by atoms with Gasteiger partial charge in [-0.15, -0.1) is 0 Å². The Morgan fingerprint density at radius 1 is 1.13 bits per heavy atom. The van der Waals surface area contributed by atoms with E-state index in [1.165, 1.54) is 0 Å². The Kier molecular flexibility index (Phi) is 3.28. The van der Waals surface area contributed by atoms with Gasteiger partial charge in [-0.2, -0.15) is 0 Å². The van der Waals surface area contributed by atoms with Crippen molar-refractivity contribution in [1.82, 2.24) is 10.9 Å². The van der Waals surface area contributed by atoms with Gasteiger partial charge in [0, 0.05) is 5.56 Å². The van der Waals surface area contributed by atoms with E-state index < -0.39 is 6.03 Å². The third kappa shape index (κ3) is 2.70. The second kappa shape index (κ2) is 4.45. The van der Waals surface area contributed by atoms with E-state index in [0.29, 0.717) is 5.56 Å². The molecule has 0 saturated heterocycles. The van der Waals surface area contributed by atoms with Crippen molar-refractivity contribution >= 4 is 11.9 Å². The number of nitrogens with two attached hydrogens (primary N) is 1. The average molecular weight is 207 g/mol. The van der Waals surface area contributed by atoms with Gasteiger partial charge in [0.2, 0.25) is 0 Å². The van der Waals surface area contributed by atoms with Crippen LogP contribution in [0.25, 0.3) is 0 Å². The van der Waals surface area contributed by atoms with Crippen molar-refractivity contribution in [1.29, 1.82) is 0 Å². The van der Waals surface area contributed by atoms with Crippen LogP contribution < -0.4 is 16.6 Å². The van der Waals surface area contributed by atoms with Gasteiger partial charge < -0.3 is 5.73 Å². The molecule has 0 aliphatic carbocycles. The van der Waals surface area contributed by atoms with Crippen molar-refractivity contribution in [3.8, 4) is 0 Å². The minimum atomic E-state index is -0.797. The number of nitrogens with one attached hydrogen (secondary N) is 2. The highest BCUT2D eigenvalue weighted by Gasteiger charge is 2.11. The molecule has 80 valence electrons. The largest absolute Gasteiger partial charge is 0.350 e. The fourth-order valence-electron chi connectivity index (χ4n) is 1.35. The molecular formula is C10H13N3O2. The highest BCUT2D eigenvalue weighted by Crippen LogP contribution is 2.12. The summed E-state index contributed by atoms with van der Waals surface area (Å²) in [5.41, 5.74) is 11.3. The number of hydrazine groups is 1. The van der Waals surface area contributed by atoms with Gasteiger partial charge in [0.1, 0.15) is 0 Å². The summed E-state index contributed by atoms with van der Waals surface area (Å²) in [6.07, 6.45) is 0. The fourth-order valence-corrected chi connectivity index (χ4v) is 1.35. The van der Waals surface area contributed by atoms with Crippen LogP contribution in [0.2, 0.25) is 0 Å². The Labute approximate surface area is 87.6 Å². The molecule has 4 N–H and O–H groups in total. The lowest BCUT2D eigenvalue weighted by Gasteiger charge is -2.09. The minimum Gasteiger partial charge on any atom is -0.350 e. The van der Waals surface area contributed by atoms with Crippen molar-refractivity contribution in [2.24, 2.45) is 5.73 Å². The number of hydrogen-bond acceptors (Lipinski definition) is 2. The first-order valence-corrected chi connectivity index (χ1v) is 4.44. The van der Waals surface area contributed by atoms with Crippen LogP contribution >= 0.6 is 0 Å². The second-order valence-electron chi connectivity index (χ2n) is 3.21. The molecule has 0 fully saturated rings. The van der Waals surface area contributed by atoms with Gasteiger partial charge in [0.25, 0.3) is 5.91 Å². The summed E-state index contributed by atoms with van der Waals surface area (Å²) in [4.78, 5) is 22.0. The molecule has 1 aromatic carbocycles. The number of carbonyl (C=O) groups is 2. The van der Waals surface area contributed by atoms with Gasteiger partial charge in [-0.1, -0.05) is 18.2 Å². The molecule has 1 aromatic rings. The summed E-state index contributed by atoms with van der Waals surface area (Å²) in [5, 5.41) is 0. The first-order valence-electron chi connectivity index (χ1n) is 4.44. The quantitative estimate of drug-likeness (QED) is 0.590. The molecule has 15 heavy (non-hydrogen) atoms. The van der Waals surface area contributed by atoms with E-state index in [1.807, 2.05) is 37.5 Å². The second-order valence-corrected chi connectivity index (χ2v) is 3.21. The van der Waals surface area contributed by atoms with Crippen molar-refractivity contribution in [2.45, 2.75) is 13.8 Å². The number of carbonyl (C=O) groups excluding carboxylic acids is 2. The first-order chi connectivity index (χ1) is 7.02. The van der Waals surface area contributed by atoms with Gasteiger partial charge in [-0.25, -0.2) is 10.2 Å². The minimum absolute atomic E-state index is 0.371. The third-order valence-corrected chi connectivity index (χ3v) is 2.01. The monoisotopic (exact) mass is 207 g/mol. The lowest BCUT2D eigenvalue weighted by atomic mass is 10.0. The molecule has 0 aliphatic rings. The normalized spacial score (nSPS) is 9.47. The number of amides is 3. The zero-order valence-corrected chi connectivity index (χ0v) is 8.63. The predicted octanol–water partition coefficient (Wildman–Crippen LogP) is 0.617. The molecule has 0 radical (unpaired) electrons. The zero-order valence-electron chi connectivity index (χ0n) is 8.63. The van der Waals surface area contributed by atoms with Crippen LogP contribution in [0.3, 0.4) is 0 Å². The van der Waals surface area contributed by atoms with Gasteiger partial charge in [-0.3, -0.25) is 10.2 Å². The molecule has 5 nitrogen and oxygen atoms in total. The highest BCUT2D eigenvalue weighted by molar-refractivity contribution is 5.97. The molecule has 3 amide bonds. The maximum absolute atomic E-state index is 11.6. The topological polar surface area (TPSA) is 84.2 Å². The van der Waals surface area contributed by atoms with E-state index >= 15 is 0 Å². The number of aryl methyl sites for hydroxylation is 2. The first kappa shape index (κ1) is 11.0. The molecule has 0 saturated carbocycles. The lowest BCUT2D eigenvalue weighted by molar-refractivity contribution is 0.0936. The number of rotatable bonds is 1. The molecule has 0 atom stereocenters. The van der Waals surface area contributed by atoms with Crippen LogP contribution in [-0.2, 0) is 0 Å². The van der Waals surface area contributed by atoms with Crippen molar-refractivity contribution in [3.63, 3.8) is 0 Å². The molecule has 0 aromatic heterocycles. The van der Waals surface area contributed by atoms with Crippen LogP contribution in [0.4, 0.5) is 4.79 Å². The Balaban J connectivity index is 2.86. The van der Waals surface area contributed by atoms with E-state index in [-0.39, 0.29) is 5.91 Å². The molecule has 0 heterocycles. The summed E-state index contributed by atoms with van der Waals surface area (Å²) in [6.45, 7) is 3.65. The van der Waals surface area contributed by atoms with Crippen LogP contribution in [0.1, 0.15) is 21.5 Å². The number of benzene rings is 1. The maximum atomic E-state index is 11.6. The lowest BCUT2D eigenvalue weighted by Crippen LogP contribution is -2.44. The van der Waals surface area contributed by atoms with Crippen LogP contribution in [0, 0.1) is 13.8 Å². The zero-order chi connectivity index (χ0) is 11.4.